The van der Waals surface area contributed by atoms with Crippen LogP contribution >= 0.6 is 0 Å². The molecule has 2 heterocycles. The number of hydrogen-bond donors (Lipinski definition) is 6. The molecule has 2 aliphatic heterocycles. The van der Waals surface area contributed by atoms with Gasteiger partial charge in [0.1, 0.15) is 0 Å². The Morgan fingerprint density at radius 2 is 0.471 bits per heavy atom. The molecule has 2 aliphatic rings. The average Bonchev–Trinajstić information content (AvgIpc) is 0.713. The Balaban J connectivity index is 0.000000203. The topological polar surface area (TPSA) is 303 Å². The fraction of sp³-hybridized carbons (Fsp3) is 0.450. The van der Waals surface area contributed by atoms with Crippen molar-refractivity contribution in [2.24, 2.45) is 0 Å². The second-order valence-corrected chi connectivity index (χ2v) is 53.4. The summed E-state index contributed by atoms with van der Waals surface area (Å²) in [6, 6.07) is 67.8. The van der Waals surface area contributed by atoms with Crippen LogP contribution < -0.4 is 28.3 Å². The molecule has 0 radical (unpaired) electrons. The van der Waals surface area contributed by atoms with Crippen molar-refractivity contribution in [3.8, 4) is 0 Å². The van der Waals surface area contributed by atoms with Gasteiger partial charge in [0.25, 0.3) is 0 Å². The average molecular weight is 2020 g/mol. The first-order valence-corrected chi connectivity index (χ1v) is 59.1. The summed E-state index contributed by atoms with van der Waals surface area (Å²) < 4.78 is 188. The predicted molar refractivity (Wildman–Crippen MR) is 581 cm³/mol. The molecule has 12 aromatic carbocycles. The molecule has 138 heavy (non-hydrogen) atoms. The van der Waals surface area contributed by atoms with E-state index in [1.165, 1.54) is 27.8 Å². The highest BCUT2D eigenvalue weighted by Gasteiger charge is 2.36. The van der Waals surface area contributed by atoms with Crippen molar-refractivity contribution in [3.05, 3.63) is 252 Å². The van der Waals surface area contributed by atoms with Crippen molar-refractivity contribution in [1.29, 1.82) is 0 Å². The van der Waals surface area contributed by atoms with Crippen LogP contribution in [-0.2, 0) is 74.4 Å². The number of nitrogens with one attached hydrogen (secondary N) is 6. The molecule has 20 nitrogen and oxygen atoms in total. The Morgan fingerprint density at radius 1 is 0.290 bits per heavy atom. The van der Waals surface area contributed by atoms with E-state index in [9.17, 15) is 54.7 Å². The molecule has 754 valence electrons. The van der Waals surface area contributed by atoms with Gasteiger partial charge in [0.15, 0.2) is 0 Å². The maximum absolute atomic E-state index is 12.9. The van der Waals surface area contributed by atoms with Crippen molar-refractivity contribution in [1.82, 2.24) is 28.3 Å². The van der Waals surface area contributed by atoms with Gasteiger partial charge in [0.05, 0.1) is 29.4 Å². The van der Waals surface area contributed by atoms with E-state index in [4.69, 9.17) is 4.74 Å². The fourth-order valence-corrected chi connectivity index (χ4v) is 29.5. The van der Waals surface area contributed by atoms with E-state index in [0.717, 1.165) is 128 Å². The molecule has 0 amide bonds. The Bertz CT molecular complexity index is 6750. The number of sulfonamides is 6. The normalized spacial score (nSPS) is 15.5. The van der Waals surface area contributed by atoms with Gasteiger partial charge in [0, 0.05) is 91.3 Å². The van der Waals surface area contributed by atoms with Gasteiger partial charge in [-0.2, -0.15) is 0 Å². The van der Waals surface area contributed by atoms with Crippen LogP contribution in [0.15, 0.2) is 248 Å². The van der Waals surface area contributed by atoms with Crippen LogP contribution in [0.3, 0.4) is 0 Å². The van der Waals surface area contributed by atoms with Gasteiger partial charge in [-0.3, -0.25) is 4.21 Å². The van der Waals surface area contributed by atoms with E-state index in [0.29, 0.717) is 84.7 Å². The number of benzene rings is 12. The summed E-state index contributed by atoms with van der Waals surface area (Å²) in [5, 5.41) is 10.7. The first kappa shape index (κ1) is 115. The minimum absolute atomic E-state index is 0. The zero-order chi connectivity index (χ0) is 102. The Hall–Kier alpha value is -8.36. The second kappa shape index (κ2) is 47.7. The van der Waals surface area contributed by atoms with Crippen molar-refractivity contribution >= 4 is 140 Å². The Morgan fingerprint density at radius 3 is 0.652 bits per heavy atom. The van der Waals surface area contributed by atoms with Crippen LogP contribution in [0.4, 0.5) is 0 Å². The fourth-order valence-electron chi connectivity index (χ4n) is 18.1. The maximum Gasteiger partial charge on any atom is 0.241 e. The van der Waals surface area contributed by atoms with Crippen LogP contribution in [0.5, 0.6) is 0 Å². The Labute approximate surface area is 828 Å². The molecule has 27 heteroatoms. The van der Waals surface area contributed by atoms with Gasteiger partial charge in [-0.05, 0) is 247 Å². The highest BCUT2D eigenvalue weighted by molar-refractivity contribution is 8.01. The quantitative estimate of drug-likeness (QED) is 0.0220. The lowest BCUT2D eigenvalue weighted by Crippen LogP contribution is -2.52. The number of ether oxygens (including phenoxy) is 1. The molecule has 0 bridgehead atoms. The van der Waals surface area contributed by atoms with Crippen LogP contribution in [0.2, 0.25) is 0 Å². The molecular formula is C111H154N6O14S7. The summed E-state index contributed by atoms with van der Waals surface area (Å²) in [5.74, 6) is 6.28. The zero-order valence-electron chi connectivity index (χ0n) is 84.9. The minimum atomic E-state index is -3.64. The highest BCUT2D eigenvalue weighted by atomic mass is 32.2. The van der Waals surface area contributed by atoms with E-state index in [2.05, 4.69) is 138 Å². The third-order valence-electron chi connectivity index (χ3n) is 25.0. The van der Waals surface area contributed by atoms with Crippen LogP contribution in [0.1, 0.15) is 300 Å². The van der Waals surface area contributed by atoms with Crippen LogP contribution in [-0.4, -0.2) is 120 Å². The van der Waals surface area contributed by atoms with Crippen molar-refractivity contribution in [2.75, 3.05) is 24.7 Å². The molecule has 6 N–H and O–H groups in total. The molecule has 0 unspecified atom stereocenters. The number of fused-ring (bicyclic) bond motifs is 6. The van der Waals surface area contributed by atoms with Gasteiger partial charge >= 0.3 is 0 Å². The molecule has 2 saturated heterocycles. The summed E-state index contributed by atoms with van der Waals surface area (Å²) >= 11 is 0. The molecule has 0 spiro atoms. The molecule has 12 aromatic rings. The molecule has 0 aliphatic carbocycles. The van der Waals surface area contributed by atoms with Gasteiger partial charge < -0.3 is 4.74 Å². The van der Waals surface area contributed by atoms with E-state index in [1.807, 2.05) is 244 Å². The summed E-state index contributed by atoms with van der Waals surface area (Å²) in [4.78, 5) is 2.09. The number of rotatable bonds is 31. The first-order chi connectivity index (χ1) is 63.9. The van der Waals surface area contributed by atoms with E-state index >= 15 is 0 Å². The monoisotopic (exact) mass is 2020 g/mol. The van der Waals surface area contributed by atoms with Gasteiger partial charge in [-0.25, -0.2) is 78.8 Å². The van der Waals surface area contributed by atoms with Crippen molar-refractivity contribution in [3.63, 3.8) is 0 Å². The summed E-state index contributed by atoms with van der Waals surface area (Å²) in [5.41, 5.74) is 5.17. The molecule has 14 rings (SSSR count). The second-order valence-electron chi connectivity index (χ2n) is 40.8. The largest absolute Gasteiger partial charge is 0.381 e. The molecule has 2 fully saturated rings. The van der Waals surface area contributed by atoms with E-state index in [1.54, 1.807) is 36.4 Å². The third kappa shape index (κ3) is 29.7. The molecular weight excluding hydrogens is 1870 g/mol. The summed E-state index contributed by atoms with van der Waals surface area (Å²) in [6.07, 6.45) is 7.38. The SMILES string of the molecule is C.C=S1(=O)CC(NS(=O)(=O)c2ccc(C(C)C)c3ccccc23)C1.CC(C)c1ccc(S(=O)(=O)NC2CCOCC2)c2ccccc12.CCC(C)(C)NS(=O)(=O)c1ccc(C(C)C)c2ccccc12.CCCC(C)(C)NS(=O)(=O)c1ccc(C(C)C)c2ccccc12.CCCC(C)(C)NS(=O)(=O)c1ccc(C(C)C)c2ccccc12.CCCC(C)(C)NS(=O)(=O)c1ccc(C(C)C)c2ccccc12. The van der Waals surface area contributed by atoms with Crippen LogP contribution in [0, 0.1) is 0 Å². The summed E-state index contributed by atoms with van der Waals surface area (Å²) in [7, 11) is -23.5. The zero-order valence-corrected chi connectivity index (χ0v) is 90.6. The minimum Gasteiger partial charge on any atom is -0.381 e. The molecule has 0 aromatic heterocycles. The standard InChI is InChI=1S/3C19H27NO2S.C18H23NO3S.C18H25NO2S.C17H21NO3S2.CH4/c3*1-6-13-19(4,5)20-23(21,22)18-12-11-15(14(2)3)16-9-7-8-10-17(16)18;1-13(2)15-7-8-18(17-6-4-3-5-16(15)17)23(20,21)19-14-9-11-22-12-10-14;1-6-18(4,5)19-22(20,21)17-12-11-14(13(2)3)15-9-7-8-10-16(15)17;1-12(2)14-8-9-17(16-7-5-4-6-15(14)16)23(20,21)18-13-10-22(3,19)11-13;/h3*7-12,14,20H,6,13H2,1-5H3;3-8,13-14,19H,9-12H2,1-2H3;7-13,19H,6H2,1-5H3;4-9,12-13,18H,3,10-11H2,1-2H3;1H4. The first-order valence-electron chi connectivity index (χ1n) is 48.1. The van der Waals surface area contributed by atoms with Gasteiger partial charge in [-0.15, -0.1) is 0 Å². The number of hydrogen-bond acceptors (Lipinski definition) is 14. The lowest BCUT2D eigenvalue weighted by atomic mass is 9.96. The van der Waals surface area contributed by atoms with Gasteiger partial charge in [0.2, 0.25) is 60.1 Å². The Kier molecular flexibility index (Phi) is 39.7. The third-order valence-corrected chi connectivity index (χ3v) is 37.2. The van der Waals surface area contributed by atoms with E-state index in [-0.39, 0.29) is 24.4 Å². The maximum atomic E-state index is 12.9. The highest BCUT2D eigenvalue weighted by Crippen LogP contribution is 2.39. The predicted octanol–water partition coefficient (Wildman–Crippen LogP) is 25.3. The van der Waals surface area contributed by atoms with Gasteiger partial charge in [-0.1, -0.05) is 319 Å². The van der Waals surface area contributed by atoms with Crippen LogP contribution in [0.25, 0.3) is 64.6 Å². The molecule has 0 saturated carbocycles. The lowest BCUT2D eigenvalue weighted by molar-refractivity contribution is 0.0832. The van der Waals surface area contributed by atoms with E-state index < -0.39 is 91.8 Å². The molecule has 0 atom stereocenters. The lowest BCUT2D eigenvalue weighted by Gasteiger charge is -2.30. The van der Waals surface area contributed by atoms with Crippen molar-refractivity contribution in [2.45, 2.75) is 331 Å². The summed E-state index contributed by atoms with van der Waals surface area (Å²) in [6.45, 7) is 50.1. The van der Waals surface area contributed by atoms with Crippen molar-refractivity contribution < 1.29 is 59.5 Å². The smallest absolute Gasteiger partial charge is 0.241 e.